The number of rotatable bonds is 6. The number of para-hydroxylation sites is 1. The number of anilines is 2. The average molecular weight is 236 g/mol. The molecule has 4 heteroatoms. The zero-order valence-electron chi connectivity index (χ0n) is 10.2. The van der Waals surface area contributed by atoms with E-state index in [9.17, 15) is 4.79 Å². The lowest BCUT2D eigenvalue weighted by atomic mass is 10.1. The van der Waals surface area contributed by atoms with E-state index in [4.69, 9.17) is 16.2 Å². The van der Waals surface area contributed by atoms with Crippen molar-refractivity contribution < 1.29 is 9.53 Å². The van der Waals surface area contributed by atoms with Crippen LogP contribution in [0.15, 0.2) is 18.2 Å². The zero-order chi connectivity index (χ0) is 12.7. The van der Waals surface area contributed by atoms with Gasteiger partial charge >= 0.3 is 5.97 Å². The van der Waals surface area contributed by atoms with Crippen molar-refractivity contribution >= 4 is 17.3 Å². The van der Waals surface area contributed by atoms with Crippen LogP contribution in [0.25, 0.3) is 0 Å². The number of carbonyl (C=O) groups excluding carboxylic acids is 1. The summed E-state index contributed by atoms with van der Waals surface area (Å²) in [5, 5.41) is 0. The van der Waals surface area contributed by atoms with Crippen molar-refractivity contribution in [3.8, 4) is 0 Å². The predicted octanol–water partition coefficient (Wildman–Crippen LogP) is 2.59. The fourth-order valence-electron chi connectivity index (χ4n) is 1.53. The molecular weight excluding hydrogens is 216 g/mol. The summed E-state index contributed by atoms with van der Waals surface area (Å²) < 4.78 is 5.14. The molecule has 0 aliphatic rings. The number of hydrogen-bond acceptors (Lipinski definition) is 4. The Kier molecular flexibility index (Phi) is 5.33. The number of esters is 1. The highest BCUT2D eigenvalue weighted by Gasteiger charge is 2.12. The number of unbranched alkanes of at least 4 members (excludes halogenated alkanes) is 3. The van der Waals surface area contributed by atoms with Crippen LogP contribution in [0.3, 0.4) is 0 Å². The normalized spacial score (nSPS) is 10.2. The van der Waals surface area contributed by atoms with Gasteiger partial charge in [0.05, 0.1) is 23.5 Å². The van der Waals surface area contributed by atoms with Gasteiger partial charge < -0.3 is 16.2 Å². The van der Waals surface area contributed by atoms with E-state index < -0.39 is 5.97 Å². The zero-order valence-corrected chi connectivity index (χ0v) is 10.2. The van der Waals surface area contributed by atoms with Crippen LogP contribution in [0.5, 0.6) is 0 Å². The first-order valence-electron chi connectivity index (χ1n) is 5.98. The fourth-order valence-corrected chi connectivity index (χ4v) is 1.53. The standard InChI is InChI=1S/C13H20N2O2/c1-2-3-4-5-9-17-13(16)10-7-6-8-11(14)12(10)15/h6-8H,2-5,9,14-15H2,1H3. The average Bonchev–Trinajstić information content (AvgIpc) is 2.32. The quantitative estimate of drug-likeness (QED) is 0.452. The van der Waals surface area contributed by atoms with E-state index in [0.717, 1.165) is 25.7 Å². The van der Waals surface area contributed by atoms with E-state index in [2.05, 4.69) is 6.92 Å². The highest BCUT2D eigenvalue weighted by Crippen LogP contribution is 2.20. The van der Waals surface area contributed by atoms with Gasteiger partial charge in [0.2, 0.25) is 0 Å². The molecule has 94 valence electrons. The molecule has 4 N–H and O–H groups in total. The Morgan fingerprint density at radius 1 is 1.24 bits per heavy atom. The molecule has 0 saturated heterocycles. The Balaban J connectivity index is 2.44. The molecule has 0 aliphatic carbocycles. The summed E-state index contributed by atoms with van der Waals surface area (Å²) in [6.07, 6.45) is 4.30. The Morgan fingerprint density at radius 3 is 2.71 bits per heavy atom. The first-order valence-corrected chi connectivity index (χ1v) is 5.98. The second-order valence-corrected chi connectivity index (χ2v) is 4.01. The van der Waals surface area contributed by atoms with Gasteiger partial charge in [0.15, 0.2) is 0 Å². The van der Waals surface area contributed by atoms with Crippen molar-refractivity contribution in [3.05, 3.63) is 23.8 Å². The molecule has 0 aliphatic heterocycles. The van der Waals surface area contributed by atoms with Gasteiger partial charge in [-0.15, -0.1) is 0 Å². The Bertz CT molecular complexity index is 378. The van der Waals surface area contributed by atoms with Crippen LogP contribution in [0, 0.1) is 0 Å². The van der Waals surface area contributed by atoms with Crippen LogP contribution < -0.4 is 11.5 Å². The molecule has 0 radical (unpaired) electrons. The van der Waals surface area contributed by atoms with Crippen molar-refractivity contribution in [3.63, 3.8) is 0 Å². The summed E-state index contributed by atoms with van der Waals surface area (Å²) in [5.41, 5.74) is 12.4. The van der Waals surface area contributed by atoms with Crippen molar-refractivity contribution in [1.29, 1.82) is 0 Å². The molecule has 0 saturated carbocycles. The van der Waals surface area contributed by atoms with E-state index in [1.807, 2.05) is 0 Å². The number of nitrogens with two attached hydrogens (primary N) is 2. The predicted molar refractivity (Wildman–Crippen MR) is 69.7 cm³/mol. The molecule has 0 amide bonds. The molecule has 4 nitrogen and oxygen atoms in total. The Morgan fingerprint density at radius 2 is 2.00 bits per heavy atom. The molecule has 0 bridgehead atoms. The van der Waals surface area contributed by atoms with Gasteiger partial charge in [-0.05, 0) is 18.6 Å². The minimum Gasteiger partial charge on any atom is -0.462 e. The summed E-state index contributed by atoms with van der Waals surface area (Å²) in [6, 6.07) is 4.98. The molecule has 0 fully saturated rings. The van der Waals surface area contributed by atoms with Crippen LogP contribution in [0.1, 0.15) is 43.0 Å². The summed E-state index contributed by atoms with van der Waals surface area (Å²) in [5.74, 6) is -0.397. The second kappa shape index (κ2) is 6.78. The summed E-state index contributed by atoms with van der Waals surface area (Å²) >= 11 is 0. The summed E-state index contributed by atoms with van der Waals surface area (Å²) in [4.78, 5) is 11.7. The smallest absolute Gasteiger partial charge is 0.340 e. The maximum absolute atomic E-state index is 11.7. The second-order valence-electron chi connectivity index (χ2n) is 4.01. The minimum absolute atomic E-state index is 0.297. The van der Waals surface area contributed by atoms with Crippen LogP contribution in [0.4, 0.5) is 11.4 Å². The van der Waals surface area contributed by atoms with Crippen molar-refractivity contribution in [1.82, 2.24) is 0 Å². The highest BCUT2D eigenvalue weighted by atomic mass is 16.5. The number of ether oxygens (including phenoxy) is 1. The van der Waals surface area contributed by atoms with Gasteiger partial charge in [0, 0.05) is 0 Å². The van der Waals surface area contributed by atoms with Gasteiger partial charge in [-0.1, -0.05) is 32.3 Å². The van der Waals surface area contributed by atoms with Crippen molar-refractivity contribution in [2.24, 2.45) is 0 Å². The Hall–Kier alpha value is -1.71. The lowest BCUT2D eigenvalue weighted by molar-refractivity contribution is 0.0499. The van der Waals surface area contributed by atoms with Crippen molar-refractivity contribution in [2.45, 2.75) is 32.6 Å². The first-order chi connectivity index (χ1) is 8.16. The van der Waals surface area contributed by atoms with E-state index in [1.54, 1.807) is 18.2 Å². The third-order valence-corrected chi connectivity index (χ3v) is 2.59. The third kappa shape index (κ3) is 3.98. The van der Waals surface area contributed by atoms with Gasteiger partial charge in [-0.3, -0.25) is 0 Å². The van der Waals surface area contributed by atoms with Gasteiger partial charge in [0.1, 0.15) is 0 Å². The van der Waals surface area contributed by atoms with Crippen LogP contribution >= 0.6 is 0 Å². The lowest BCUT2D eigenvalue weighted by Crippen LogP contribution is -2.10. The number of benzene rings is 1. The largest absolute Gasteiger partial charge is 0.462 e. The number of nitrogen functional groups attached to an aromatic ring is 2. The molecule has 0 unspecified atom stereocenters. The van der Waals surface area contributed by atoms with Crippen molar-refractivity contribution in [2.75, 3.05) is 18.1 Å². The molecule has 0 spiro atoms. The molecule has 0 atom stereocenters. The maximum atomic E-state index is 11.7. The van der Waals surface area contributed by atoms with Gasteiger partial charge in [0.25, 0.3) is 0 Å². The van der Waals surface area contributed by atoms with Crippen LogP contribution in [-0.4, -0.2) is 12.6 Å². The molecule has 0 heterocycles. The molecule has 0 aromatic heterocycles. The van der Waals surface area contributed by atoms with Crippen LogP contribution in [-0.2, 0) is 4.74 Å². The molecule has 1 aromatic rings. The first kappa shape index (κ1) is 13.4. The fraction of sp³-hybridized carbons (Fsp3) is 0.462. The SMILES string of the molecule is CCCCCCOC(=O)c1cccc(N)c1N. The lowest BCUT2D eigenvalue weighted by Gasteiger charge is -2.08. The minimum atomic E-state index is -0.397. The molecule has 17 heavy (non-hydrogen) atoms. The van der Waals surface area contributed by atoms with E-state index in [0.29, 0.717) is 23.5 Å². The number of carbonyl (C=O) groups is 1. The monoisotopic (exact) mass is 236 g/mol. The summed E-state index contributed by atoms with van der Waals surface area (Å²) in [7, 11) is 0. The summed E-state index contributed by atoms with van der Waals surface area (Å²) in [6.45, 7) is 2.58. The van der Waals surface area contributed by atoms with E-state index in [-0.39, 0.29) is 0 Å². The maximum Gasteiger partial charge on any atom is 0.340 e. The van der Waals surface area contributed by atoms with E-state index >= 15 is 0 Å². The topological polar surface area (TPSA) is 78.3 Å². The van der Waals surface area contributed by atoms with E-state index in [1.165, 1.54) is 0 Å². The molecule has 1 rings (SSSR count). The van der Waals surface area contributed by atoms with Gasteiger partial charge in [-0.25, -0.2) is 4.79 Å². The molecule has 1 aromatic carbocycles. The van der Waals surface area contributed by atoms with Crippen LogP contribution in [0.2, 0.25) is 0 Å². The molecular formula is C13H20N2O2. The Labute approximate surface area is 102 Å². The third-order valence-electron chi connectivity index (χ3n) is 2.59. The van der Waals surface area contributed by atoms with Gasteiger partial charge in [-0.2, -0.15) is 0 Å². The number of hydrogen-bond donors (Lipinski definition) is 2. The highest BCUT2D eigenvalue weighted by molar-refractivity contribution is 5.97.